The number of H-pyrrole nitrogens is 1. The third-order valence-corrected chi connectivity index (χ3v) is 2.65. The summed E-state index contributed by atoms with van der Waals surface area (Å²) < 4.78 is 0. The topological polar surface area (TPSA) is 41.6 Å². The Hall–Kier alpha value is -1.03. The molecule has 2 rings (SSSR count). The Morgan fingerprint density at radius 3 is 3.08 bits per heavy atom. The average Bonchev–Trinajstić information content (AvgIpc) is 2.63. The van der Waals surface area contributed by atoms with Gasteiger partial charge in [0.1, 0.15) is 10.5 Å². The lowest BCUT2D eigenvalue weighted by Crippen LogP contribution is -1.90. The maximum Gasteiger partial charge on any atom is 0.124 e. The zero-order valence-corrected chi connectivity index (χ0v) is 8.48. The van der Waals surface area contributed by atoms with Gasteiger partial charge in [0.05, 0.1) is 11.8 Å². The van der Waals surface area contributed by atoms with Crippen LogP contribution in [0.2, 0.25) is 0 Å². The monoisotopic (exact) mass is 193 g/mol. The lowest BCUT2D eigenvalue weighted by atomic mass is 10.3. The Bertz CT molecular complexity index is 422. The molecule has 0 aliphatic rings. The molecule has 0 aromatic carbocycles. The van der Waals surface area contributed by atoms with Gasteiger partial charge in [-0.05, 0) is 18.7 Å². The van der Waals surface area contributed by atoms with Crippen molar-refractivity contribution in [3.8, 4) is 0 Å². The van der Waals surface area contributed by atoms with Gasteiger partial charge in [-0.3, -0.25) is 0 Å². The first-order valence-electron chi connectivity index (χ1n) is 4.22. The molecule has 2 aromatic heterocycles. The summed E-state index contributed by atoms with van der Waals surface area (Å²) in [5.74, 6) is 0. The van der Waals surface area contributed by atoms with Gasteiger partial charge in [-0.2, -0.15) is 0 Å². The molecule has 0 saturated heterocycles. The van der Waals surface area contributed by atoms with E-state index in [1.165, 1.54) is 0 Å². The second kappa shape index (κ2) is 3.38. The minimum absolute atomic E-state index is 0.961. The fourth-order valence-electron chi connectivity index (χ4n) is 1.29. The van der Waals surface area contributed by atoms with Gasteiger partial charge in [-0.1, -0.05) is 6.92 Å². The summed E-state index contributed by atoms with van der Waals surface area (Å²) in [6.07, 6.45) is 4.70. The maximum atomic E-state index is 4.49. The highest BCUT2D eigenvalue weighted by Gasteiger charge is 2.05. The normalized spacial score (nSPS) is 10.9. The van der Waals surface area contributed by atoms with Crippen molar-refractivity contribution in [1.29, 1.82) is 0 Å². The lowest BCUT2D eigenvalue weighted by Gasteiger charge is -2.00. The Morgan fingerprint density at radius 1 is 1.54 bits per heavy atom. The van der Waals surface area contributed by atoms with Crippen LogP contribution in [0.15, 0.2) is 17.4 Å². The molecule has 0 amide bonds. The van der Waals surface area contributed by atoms with E-state index in [9.17, 15) is 0 Å². The molecule has 0 bridgehead atoms. The van der Waals surface area contributed by atoms with E-state index in [1.54, 1.807) is 18.1 Å². The Balaban J connectivity index is 2.70. The number of aromatic nitrogens is 3. The molecule has 0 fully saturated rings. The fraction of sp³-hybridized carbons (Fsp3) is 0.333. The molecular formula is C9H11N3S. The van der Waals surface area contributed by atoms with E-state index < -0.39 is 0 Å². The maximum absolute atomic E-state index is 4.49. The molecule has 3 nitrogen and oxygen atoms in total. The van der Waals surface area contributed by atoms with Crippen LogP contribution in [-0.2, 0) is 6.42 Å². The third-order valence-electron chi connectivity index (χ3n) is 1.98. The van der Waals surface area contributed by atoms with Gasteiger partial charge in [0.2, 0.25) is 0 Å². The molecule has 1 N–H and O–H groups in total. The zero-order valence-electron chi connectivity index (χ0n) is 7.66. The molecule has 0 unspecified atom stereocenters. The number of aryl methyl sites for hydroxylation is 1. The standard InChI is InChI=1S/C9H11N3S/c1-3-6-4-7-8(11-5-10-7)9(12-6)13-2/h4-5H,3H2,1-2H3,(H,10,11). The van der Waals surface area contributed by atoms with Crippen molar-refractivity contribution < 1.29 is 0 Å². The molecule has 0 atom stereocenters. The van der Waals surface area contributed by atoms with Crippen LogP contribution in [0.4, 0.5) is 0 Å². The Labute approximate surface area is 81.0 Å². The fourth-order valence-corrected chi connectivity index (χ4v) is 1.85. The Morgan fingerprint density at radius 2 is 2.38 bits per heavy atom. The van der Waals surface area contributed by atoms with Gasteiger partial charge < -0.3 is 4.98 Å². The summed E-state index contributed by atoms with van der Waals surface area (Å²) in [5, 5.41) is 1.01. The van der Waals surface area contributed by atoms with Gasteiger partial charge in [-0.25, -0.2) is 9.97 Å². The molecule has 2 heterocycles. The highest BCUT2D eigenvalue weighted by Crippen LogP contribution is 2.22. The quantitative estimate of drug-likeness (QED) is 0.744. The SMILES string of the molecule is CCc1cc2[nH]cnc2c(SC)n1. The second-order valence-corrected chi connectivity index (χ2v) is 3.57. The number of fused-ring (bicyclic) bond motifs is 1. The van der Waals surface area contributed by atoms with Crippen LogP contribution < -0.4 is 0 Å². The molecule has 0 aliphatic heterocycles. The molecular weight excluding hydrogens is 182 g/mol. The number of pyridine rings is 1. The van der Waals surface area contributed by atoms with Crippen LogP contribution in [0, 0.1) is 0 Å². The molecule has 13 heavy (non-hydrogen) atoms. The van der Waals surface area contributed by atoms with Gasteiger partial charge >= 0.3 is 0 Å². The molecule has 0 radical (unpaired) electrons. The molecule has 0 spiro atoms. The number of nitrogens with zero attached hydrogens (tertiary/aromatic N) is 2. The highest BCUT2D eigenvalue weighted by atomic mass is 32.2. The zero-order chi connectivity index (χ0) is 9.26. The number of hydrogen-bond acceptors (Lipinski definition) is 3. The van der Waals surface area contributed by atoms with Crippen LogP contribution in [0.25, 0.3) is 11.0 Å². The van der Waals surface area contributed by atoms with Crippen LogP contribution >= 0.6 is 11.8 Å². The van der Waals surface area contributed by atoms with Crippen LogP contribution in [0.3, 0.4) is 0 Å². The van der Waals surface area contributed by atoms with E-state index in [2.05, 4.69) is 27.9 Å². The van der Waals surface area contributed by atoms with Crippen molar-refractivity contribution in [1.82, 2.24) is 15.0 Å². The second-order valence-electron chi connectivity index (χ2n) is 2.78. The summed E-state index contributed by atoms with van der Waals surface area (Å²) in [6.45, 7) is 2.11. The average molecular weight is 193 g/mol. The number of thioether (sulfide) groups is 1. The van der Waals surface area contributed by atoms with E-state index in [1.807, 2.05) is 6.26 Å². The first-order valence-corrected chi connectivity index (χ1v) is 5.44. The predicted octanol–water partition coefficient (Wildman–Crippen LogP) is 2.24. The smallest absolute Gasteiger partial charge is 0.124 e. The van der Waals surface area contributed by atoms with Crippen molar-refractivity contribution in [3.63, 3.8) is 0 Å². The van der Waals surface area contributed by atoms with E-state index in [0.717, 1.165) is 28.2 Å². The van der Waals surface area contributed by atoms with Crippen LogP contribution in [0.1, 0.15) is 12.6 Å². The number of nitrogens with one attached hydrogen (secondary N) is 1. The first kappa shape index (κ1) is 8.56. The van der Waals surface area contributed by atoms with Crippen molar-refractivity contribution in [2.45, 2.75) is 18.4 Å². The summed E-state index contributed by atoms with van der Waals surface area (Å²) in [7, 11) is 0. The predicted molar refractivity (Wildman–Crippen MR) is 55.0 cm³/mol. The van der Waals surface area contributed by atoms with Gasteiger partial charge in [0, 0.05) is 5.69 Å². The summed E-state index contributed by atoms with van der Waals surface area (Å²) in [6, 6.07) is 2.06. The lowest BCUT2D eigenvalue weighted by molar-refractivity contribution is 0.987. The molecule has 4 heteroatoms. The molecule has 2 aromatic rings. The molecule has 68 valence electrons. The Kier molecular flexibility index (Phi) is 2.22. The number of hydrogen-bond donors (Lipinski definition) is 1. The van der Waals surface area contributed by atoms with E-state index in [-0.39, 0.29) is 0 Å². The molecule has 0 saturated carbocycles. The minimum Gasteiger partial charge on any atom is -0.344 e. The van der Waals surface area contributed by atoms with Gasteiger partial charge in [-0.15, -0.1) is 11.8 Å². The van der Waals surface area contributed by atoms with Crippen molar-refractivity contribution in [3.05, 3.63) is 18.1 Å². The van der Waals surface area contributed by atoms with Crippen LogP contribution in [-0.4, -0.2) is 21.2 Å². The van der Waals surface area contributed by atoms with Crippen molar-refractivity contribution in [2.24, 2.45) is 0 Å². The first-order chi connectivity index (χ1) is 6.35. The van der Waals surface area contributed by atoms with Gasteiger partial charge in [0.15, 0.2) is 0 Å². The summed E-state index contributed by atoms with van der Waals surface area (Å²) in [4.78, 5) is 11.8. The number of rotatable bonds is 2. The highest BCUT2D eigenvalue weighted by molar-refractivity contribution is 7.98. The number of imidazole rings is 1. The van der Waals surface area contributed by atoms with Crippen LogP contribution in [0.5, 0.6) is 0 Å². The van der Waals surface area contributed by atoms with Crippen molar-refractivity contribution in [2.75, 3.05) is 6.26 Å². The molecule has 0 aliphatic carbocycles. The minimum atomic E-state index is 0.961. The number of aromatic amines is 1. The third kappa shape index (κ3) is 1.42. The van der Waals surface area contributed by atoms with Gasteiger partial charge in [0.25, 0.3) is 0 Å². The van der Waals surface area contributed by atoms with E-state index >= 15 is 0 Å². The largest absolute Gasteiger partial charge is 0.344 e. The summed E-state index contributed by atoms with van der Waals surface area (Å²) in [5.41, 5.74) is 3.17. The van der Waals surface area contributed by atoms with Crippen molar-refractivity contribution >= 4 is 22.8 Å². The van der Waals surface area contributed by atoms with E-state index in [0.29, 0.717) is 0 Å². The summed E-state index contributed by atoms with van der Waals surface area (Å²) >= 11 is 1.64. The van der Waals surface area contributed by atoms with E-state index in [4.69, 9.17) is 0 Å².